The quantitative estimate of drug-likeness (QED) is 0.0751. The van der Waals surface area contributed by atoms with Crippen LogP contribution in [0.1, 0.15) is 106 Å². The van der Waals surface area contributed by atoms with Crippen LogP contribution in [0.5, 0.6) is 0 Å². The Morgan fingerprint density at radius 3 is 2.33 bits per heavy atom. The number of likely N-dealkylation sites (tertiary alicyclic amines) is 2. The lowest BCUT2D eigenvalue weighted by Crippen LogP contribution is -2.48. The Morgan fingerprint density at radius 1 is 0.925 bits per heavy atom. The third kappa shape index (κ3) is 10.6. The van der Waals surface area contributed by atoms with Crippen molar-refractivity contribution in [3.63, 3.8) is 0 Å². The standard InChI is InChI=1S/C50H67F2N11O4/c1-32(64)61-25-17-41(40(31-61)48(54)62-20-4-6-35-27-38(36(29-53)30-55-2)39(47(51)52)28-44(35)62)56-37-15-23-60(24-16-37)19-5-18-59-21-13-33(14-22-59)7-8-34-9-10-42-45(26-34)58(3)50(67)63(42)43-11-12-46(65)57-49(43)66/h9-10,26-30,33,37,43,47,53-56H,4-8,11-25,31H2,1-3H3,(H,57,65,66)/b36-30+,53-29?,54-48?. The molecule has 1 atom stereocenters. The largest absolute Gasteiger partial charge is 0.393 e. The minimum atomic E-state index is -2.76. The van der Waals surface area contributed by atoms with Crippen molar-refractivity contribution >= 4 is 52.1 Å². The van der Waals surface area contributed by atoms with Gasteiger partial charge in [0.25, 0.3) is 6.43 Å². The van der Waals surface area contributed by atoms with Gasteiger partial charge in [0.15, 0.2) is 0 Å². The Kier molecular flexibility index (Phi) is 15.0. The van der Waals surface area contributed by atoms with E-state index >= 15 is 0 Å². The van der Waals surface area contributed by atoms with Crippen LogP contribution in [0.15, 0.2) is 52.6 Å². The van der Waals surface area contributed by atoms with Crippen molar-refractivity contribution in [2.45, 2.75) is 102 Å². The van der Waals surface area contributed by atoms with Crippen LogP contribution >= 0.6 is 0 Å². The van der Waals surface area contributed by atoms with Crippen LogP contribution in [0, 0.1) is 16.7 Å². The topological polar surface area (TPSA) is 175 Å². The monoisotopic (exact) mass is 924 g/mol. The zero-order chi connectivity index (χ0) is 47.4. The summed E-state index contributed by atoms with van der Waals surface area (Å²) in [5, 5.41) is 26.5. The molecule has 1 unspecified atom stereocenters. The average molecular weight is 924 g/mol. The van der Waals surface area contributed by atoms with Crippen LogP contribution in [0.2, 0.25) is 0 Å². The first kappa shape index (κ1) is 47.8. The molecule has 0 radical (unpaired) electrons. The van der Waals surface area contributed by atoms with E-state index < -0.39 is 18.4 Å². The summed E-state index contributed by atoms with van der Waals surface area (Å²) in [5.74, 6) is 0.128. The second-order valence-corrected chi connectivity index (χ2v) is 19.1. The smallest absolute Gasteiger partial charge is 0.329 e. The molecule has 67 heavy (non-hydrogen) atoms. The number of hydrogen-bond acceptors (Lipinski definition) is 10. The molecule has 8 rings (SSSR count). The number of carbonyl (C=O) groups excluding carboxylic acids is 3. The Morgan fingerprint density at radius 2 is 1.66 bits per heavy atom. The zero-order valence-corrected chi connectivity index (χ0v) is 39.3. The second-order valence-electron chi connectivity index (χ2n) is 19.1. The molecule has 6 heterocycles. The van der Waals surface area contributed by atoms with Crippen LogP contribution in [0.3, 0.4) is 0 Å². The van der Waals surface area contributed by atoms with Gasteiger partial charge < -0.3 is 35.6 Å². The van der Waals surface area contributed by atoms with Gasteiger partial charge in [-0.1, -0.05) is 6.07 Å². The number of amidine groups is 1. The van der Waals surface area contributed by atoms with Crippen LogP contribution in [-0.4, -0.2) is 126 Å². The van der Waals surface area contributed by atoms with Crippen molar-refractivity contribution < 1.29 is 23.2 Å². The maximum absolute atomic E-state index is 14.6. The van der Waals surface area contributed by atoms with Crippen LogP contribution in [-0.2, 0) is 34.3 Å². The molecule has 360 valence electrons. The lowest BCUT2D eigenvalue weighted by atomic mass is 9.90. The molecule has 3 fully saturated rings. The Hall–Kier alpha value is -5.68. The molecule has 15 nitrogen and oxygen atoms in total. The molecule has 0 bridgehead atoms. The normalized spacial score (nSPS) is 20.7. The first-order valence-electron chi connectivity index (χ1n) is 24.3. The van der Waals surface area contributed by atoms with Gasteiger partial charge in [0, 0.05) is 107 Å². The van der Waals surface area contributed by atoms with Crippen molar-refractivity contribution in [3.05, 3.63) is 80.5 Å². The fourth-order valence-electron chi connectivity index (χ4n) is 11.0. The number of halogens is 2. The number of allylic oxidation sites excluding steroid dienone is 1. The number of amides is 3. The number of aryl methyl sites for hydroxylation is 3. The molecule has 0 saturated carbocycles. The predicted molar refractivity (Wildman–Crippen MR) is 258 cm³/mol. The molecular weight excluding hydrogens is 857 g/mol. The summed E-state index contributed by atoms with van der Waals surface area (Å²) in [6.45, 7) is 9.24. The zero-order valence-electron chi connectivity index (χ0n) is 39.3. The molecule has 0 aliphatic carbocycles. The molecule has 5 N–H and O–H groups in total. The van der Waals surface area contributed by atoms with Gasteiger partial charge in [-0.3, -0.25) is 34.2 Å². The van der Waals surface area contributed by atoms with E-state index in [0.717, 1.165) is 112 Å². The van der Waals surface area contributed by atoms with E-state index in [4.69, 9.17) is 5.41 Å². The Balaban J connectivity index is 0.807. The van der Waals surface area contributed by atoms with E-state index in [2.05, 4.69) is 37.9 Å². The molecule has 2 aromatic carbocycles. The number of carbonyl (C=O) groups is 3. The van der Waals surface area contributed by atoms with Gasteiger partial charge in [0.05, 0.1) is 17.6 Å². The number of aromatic nitrogens is 2. The maximum atomic E-state index is 14.6. The van der Waals surface area contributed by atoms with Crippen LogP contribution < -0.4 is 26.5 Å². The van der Waals surface area contributed by atoms with Crippen LogP contribution in [0.4, 0.5) is 14.5 Å². The van der Waals surface area contributed by atoms with E-state index in [-0.39, 0.29) is 41.4 Å². The Labute approximate surface area is 391 Å². The number of nitrogens with one attached hydrogen (secondary N) is 5. The summed E-state index contributed by atoms with van der Waals surface area (Å²) in [6, 6.07) is 8.91. The number of piperidine rings is 3. The van der Waals surface area contributed by atoms with Gasteiger partial charge in [-0.25, -0.2) is 13.6 Å². The molecule has 0 spiro atoms. The number of anilines is 1. The summed E-state index contributed by atoms with van der Waals surface area (Å²) >= 11 is 0. The number of imide groups is 1. The fourth-order valence-corrected chi connectivity index (χ4v) is 11.0. The molecule has 5 aliphatic rings. The Bertz CT molecular complexity index is 2500. The van der Waals surface area contributed by atoms with Crippen LogP contribution in [0.25, 0.3) is 16.6 Å². The maximum Gasteiger partial charge on any atom is 0.329 e. The van der Waals surface area contributed by atoms with Gasteiger partial charge in [0.2, 0.25) is 17.7 Å². The highest BCUT2D eigenvalue weighted by atomic mass is 19.3. The minimum absolute atomic E-state index is 0.0513. The van der Waals surface area contributed by atoms with Gasteiger partial charge in [-0.2, -0.15) is 0 Å². The SMILES string of the molecule is CN/C=C(\C=N)c1cc2c(cc1C(F)F)N(C(=N)C1=C(NC3CCN(CCCN4CCC(CCc5ccc6c(c5)n(C)c(=O)n6C5CCC(=O)NC5=O)CC4)CC3)CCN(C(C)=O)C1)CCC2. The lowest BCUT2D eigenvalue weighted by Gasteiger charge is -2.39. The molecule has 5 aliphatic heterocycles. The summed E-state index contributed by atoms with van der Waals surface area (Å²) in [6.07, 6.45) is 9.90. The second kappa shape index (κ2) is 21.1. The highest BCUT2D eigenvalue weighted by molar-refractivity contribution is 6.11. The third-order valence-corrected chi connectivity index (χ3v) is 14.9. The predicted octanol–water partition coefficient (Wildman–Crippen LogP) is 5.49. The van der Waals surface area contributed by atoms with Crippen molar-refractivity contribution in [2.24, 2.45) is 13.0 Å². The summed E-state index contributed by atoms with van der Waals surface area (Å²) < 4.78 is 32.3. The van der Waals surface area contributed by atoms with Gasteiger partial charge in [-0.05, 0) is 137 Å². The molecule has 3 saturated heterocycles. The van der Waals surface area contributed by atoms with Crippen molar-refractivity contribution in [1.29, 1.82) is 10.8 Å². The van der Waals surface area contributed by atoms with E-state index in [1.165, 1.54) is 29.0 Å². The average Bonchev–Trinajstić information content (AvgIpc) is 3.57. The highest BCUT2D eigenvalue weighted by Crippen LogP contribution is 2.38. The molecule has 1 aromatic heterocycles. The number of fused-ring (bicyclic) bond motifs is 2. The molecular formula is C50H67F2N11O4. The van der Waals surface area contributed by atoms with Gasteiger partial charge in [-0.15, -0.1) is 0 Å². The minimum Gasteiger partial charge on any atom is -0.393 e. The number of alkyl halides is 2. The summed E-state index contributed by atoms with van der Waals surface area (Å²) in [7, 11) is 3.41. The first-order valence-corrected chi connectivity index (χ1v) is 24.3. The van der Waals surface area contributed by atoms with Crippen molar-refractivity contribution in [1.82, 2.24) is 39.8 Å². The number of rotatable bonds is 15. The van der Waals surface area contributed by atoms with Gasteiger partial charge in [0.1, 0.15) is 11.9 Å². The highest BCUT2D eigenvalue weighted by Gasteiger charge is 2.34. The fraction of sp³-hybridized carbons (Fsp3) is 0.560. The number of hydrogen-bond donors (Lipinski definition) is 5. The number of imidazole rings is 1. The molecule has 3 amide bonds. The van der Waals surface area contributed by atoms with Crippen molar-refractivity contribution in [3.8, 4) is 0 Å². The number of benzene rings is 2. The number of nitrogens with zero attached hydrogens (tertiary/aromatic N) is 6. The molecule has 17 heteroatoms. The van der Waals surface area contributed by atoms with E-state index in [1.807, 2.05) is 11.0 Å². The third-order valence-electron chi connectivity index (χ3n) is 14.9. The van der Waals surface area contributed by atoms with E-state index in [1.54, 1.807) is 42.8 Å². The first-order chi connectivity index (χ1) is 32.3. The molecule has 3 aromatic rings. The van der Waals surface area contributed by atoms with E-state index in [9.17, 15) is 33.4 Å². The summed E-state index contributed by atoms with van der Waals surface area (Å²) in [4.78, 5) is 58.9. The van der Waals surface area contributed by atoms with Crippen molar-refractivity contribution in [2.75, 3.05) is 70.9 Å². The summed E-state index contributed by atoms with van der Waals surface area (Å²) in [5.41, 5.74) is 6.17. The van der Waals surface area contributed by atoms with E-state index in [0.29, 0.717) is 61.6 Å². The van der Waals surface area contributed by atoms with Gasteiger partial charge >= 0.3 is 5.69 Å². The lowest BCUT2D eigenvalue weighted by molar-refractivity contribution is -0.135.